The average molecular weight is 286 g/mol. The molecule has 0 spiro atoms. The van der Waals surface area contributed by atoms with Crippen LogP contribution in [0.3, 0.4) is 0 Å². The summed E-state index contributed by atoms with van der Waals surface area (Å²) in [6.45, 7) is 3.19. The molecule has 1 heterocycles. The van der Waals surface area contributed by atoms with Gasteiger partial charge in [-0.3, -0.25) is 4.79 Å². The lowest BCUT2D eigenvalue weighted by atomic mass is 9.79. The minimum atomic E-state index is 0.230. The molecule has 1 amide bonds. The summed E-state index contributed by atoms with van der Waals surface area (Å²) in [5, 5.41) is 3.64. The van der Waals surface area contributed by atoms with Gasteiger partial charge >= 0.3 is 0 Å². The van der Waals surface area contributed by atoms with Gasteiger partial charge in [-0.15, -0.1) is 0 Å². The van der Waals surface area contributed by atoms with Crippen LogP contribution < -0.4 is 10.2 Å². The van der Waals surface area contributed by atoms with E-state index < -0.39 is 0 Å². The molecule has 3 nitrogen and oxygen atoms in total. The molecule has 1 aliphatic heterocycles. The first-order valence-electron chi connectivity index (χ1n) is 8.31. The van der Waals surface area contributed by atoms with Gasteiger partial charge in [-0.25, -0.2) is 0 Å². The number of aryl methyl sites for hydroxylation is 1. The minimum absolute atomic E-state index is 0.230. The SMILES string of the molecule is CCNC(CC1CCC1)c1ccc2c(c1)CCC(=O)N2C. The quantitative estimate of drug-likeness (QED) is 0.899. The third kappa shape index (κ3) is 2.98. The summed E-state index contributed by atoms with van der Waals surface area (Å²) in [5.41, 5.74) is 3.81. The molecule has 3 heteroatoms. The summed E-state index contributed by atoms with van der Waals surface area (Å²) in [6.07, 6.45) is 6.96. The van der Waals surface area contributed by atoms with Crippen molar-refractivity contribution in [1.82, 2.24) is 5.32 Å². The molecule has 1 aliphatic carbocycles. The highest BCUT2D eigenvalue weighted by atomic mass is 16.2. The molecular formula is C18H26N2O. The first-order valence-corrected chi connectivity index (χ1v) is 8.31. The molecule has 114 valence electrons. The van der Waals surface area contributed by atoms with Gasteiger partial charge in [0.1, 0.15) is 0 Å². The van der Waals surface area contributed by atoms with Crippen LogP contribution in [-0.4, -0.2) is 19.5 Å². The van der Waals surface area contributed by atoms with E-state index in [4.69, 9.17) is 0 Å². The monoisotopic (exact) mass is 286 g/mol. The van der Waals surface area contributed by atoms with Gasteiger partial charge in [0.05, 0.1) is 0 Å². The molecule has 0 radical (unpaired) electrons. The number of hydrogen-bond donors (Lipinski definition) is 1. The molecule has 1 saturated carbocycles. The standard InChI is InChI=1S/C18H26N2O/c1-3-19-16(11-13-5-4-6-13)14-7-9-17-15(12-14)8-10-18(21)20(17)2/h7,9,12-13,16,19H,3-6,8,10-11H2,1-2H3. The van der Waals surface area contributed by atoms with E-state index in [9.17, 15) is 4.79 Å². The fourth-order valence-electron chi connectivity index (χ4n) is 3.54. The maximum atomic E-state index is 11.8. The van der Waals surface area contributed by atoms with Crippen LogP contribution in [0.4, 0.5) is 5.69 Å². The summed E-state index contributed by atoms with van der Waals surface area (Å²) < 4.78 is 0. The van der Waals surface area contributed by atoms with Gasteiger partial charge in [0, 0.05) is 25.2 Å². The smallest absolute Gasteiger partial charge is 0.227 e. The second kappa shape index (κ2) is 6.18. The molecule has 1 unspecified atom stereocenters. The largest absolute Gasteiger partial charge is 0.315 e. The normalized spacial score (nSPS) is 20.1. The van der Waals surface area contributed by atoms with Gasteiger partial charge in [0.25, 0.3) is 0 Å². The Morgan fingerprint density at radius 1 is 1.33 bits per heavy atom. The van der Waals surface area contributed by atoms with Gasteiger partial charge in [-0.2, -0.15) is 0 Å². The molecule has 0 bridgehead atoms. The zero-order chi connectivity index (χ0) is 14.8. The van der Waals surface area contributed by atoms with Gasteiger partial charge in [-0.05, 0) is 42.5 Å². The maximum absolute atomic E-state index is 11.8. The molecule has 21 heavy (non-hydrogen) atoms. The summed E-state index contributed by atoms with van der Waals surface area (Å²) in [7, 11) is 1.89. The second-order valence-electron chi connectivity index (χ2n) is 6.48. The van der Waals surface area contributed by atoms with Crippen molar-refractivity contribution >= 4 is 11.6 Å². The molecular weight excluding hydrogens is 260 g/mol. The van der Waals surface area contributed by atoms with Gasteiger partial charge in [0.2, 0.25) is 5.91 Å². The van der Waals surface area contributed by atoms with Crippen molar-refractivity contribution < 1.29 is 4.79 Å². The van der Waals surface area contributed by atoms with Crippen LogP contribution in [0.2, 0.25) is 0 Å². The highest BCUT2D eigenvalue weighted by molar-refractivity contribution is 5.95. The Labute approximate surface area is 127 Å². The minimum Gasteiger partial charge on any atom is -0.315 e. The van der Waals surface area contributed by atoms with E-state index in [2.05, 4.69) is 30.4 Å². The first-order chi connectivity index (χ1) is 10.2. The van der Waals surface area contributed by atoms with Crippen LogP contribution >= 0.6 is 0 Å². The second-order valence-corrected chi connectivity index (χ2v) is 6.48. The lowest BCUT2D eigenvalue weighted by Gasteiger charge is -2.31. The molecule has 3 rings (SSSR count). The Hall–Kier alpha value is -1.35. The zero-order valence-corrected chi connectivity index (χ0v) is 13.2. The highest BCUT2D eigenvalue weighted by Crippen LogP contribution is 2.36. The van der Waals surface area contributed by atoms with Gasteiger partial charge in [0.15, 0.2) is 0 Å². The Morgan fingerprint density at radius 3 is 2.81 bits per heavy atom. The predicted octanol–water partition coefficient (Wildman–Crippen LogP) is 3.44. The summed E-state index contributed by atoms with van der Waals surface area (Å²) >= 11 is 0. The number of rotatable bonds is 5. The molecule has 0 aromatic heterocycles. The predicted molar refractivity (Wildman–Crippen MR) is 86.5 cm³/mol. The van der Waals surface area contributed by atoms with Crippen LogP contribution in [-0.2, 0) is 11.2 Å². The summed E-state index contributed by atoms with van der Waals surface area (Å²) in [4.78, 5) is 13.6. The van der Waals surface area contributed by atoms with Crippen LogP contribution in [0, 0.1) is 5.92 Å². The number of amides is 1. The number of benzene rings is 1. The van der Waals surface area contributed by atoms with E-state index in [0.717, 1.165) is 24.6 Å². The molecule has 2 aliphatic rings. The fourth-order valence-corrected chi connectivity index (χ4v) is 3.54. The highest BCUT2D eigenvalue weighted by Gasteiger charge is 2.25. The Morgan fingerprint density at radius 2 is 2.14 bits per heavy atom. The van der Waals surface area contributed by atoms with E-state index in [1.165, 1.54) is 36.8 Å². The van der Waals surface area contributed by atoms with Crippen LogP contribution in [0.25, 0.3) is 0 Å². The summed E-state index contributed by atoms with van der Waals surface area (Å²) in [5.74, 6) is 1.13. The van der Waals surface area contributed by atoms with Crippen molar-refractivity contribution in [3.8, 4) is 0 Å². The van der Waals surface area contributed by atoms with E-state index in [-0.39, 0.29) is 5.91 Å². The molecule has 1 atom stereocenters. The van der Waals surface area contributed by atoms with Crippen molar-refractivity contribution in [3.63, 3.8) is 0 Å². The molecule has 1 fully saturated rings. The van der Waals surface area contributed by atoms with E-state index in [0.29, 0.717) is 12.5 Å². The number of nitrogens with one attached hydrogen (secondary N) is 1. The molecule has 1 N–H and O–H groups in total. The van der Waals surface area contributed by atoms with E-state index in [1.807, 2.05) is 7.05 Å². The number of carbonyl (C=O) groups excluding carboxylic acids is 1. The molecule has 0 saturated heterocycles. The fraction of sp³-hybridized carbons (Fsp3) is 0.611. The maximum Gasteiger partial charge on any atom is 0.227 e. The topological polar surface area (TPSA) is 32.3 Å². The Kier molecular flexibility index (Phi) is 4.29. The first kappa shape index (κ1) is 14.6. The van der Waals surface area contributed by atoms with Crippen LogP contribution in [0.5, 0.6) is 0 Å². The number of anilines is 1. The van der Waals surface area contributed by atoms with Crippen LogP contribution in [0.15, 0.2) is 18.2 Å². The number of carbonyl (C=O) groups is 1. The number of hydrogen-bond acceptors (Lipinski definition) is 2. The molecule has 1 aromatic rings. The van der Waals surface area contributed by atoms with Crippen molar-refractivity contribution in [1.29, 1.82) is 0 Å². The van der Waals surface area contributed by atoms with Crippen LogP contribution in [0.1, 0.15) is 56.2 Å². The lowest BCUT2D eigenvalue weighted by molar-refractivity contribution is -0.118. The third-order valence-electron chi connectivity index (χ3n) is 5.09. The van der Waals surface area contributed by atoms with Crippen molar-refractivity contribution in [2.75, 3.05) is 18.5 Å². The third-order valence-corrected chi connectivity index (χ3v) is 5.09. The number of fused-ring (bicyclic) bond motifs is 1. The van der Waals surface area contributed by atoms with E-state index >= 15 is 0 Å². The van der Waals surface area contributed by atoms with E-state index in [1.54, 1.807) is 4.90 Å². The molecule has 1 aromatic carbocycles. The average Bonchev–Trinajstić information content (AvgIpc) is 2.45. The number of nitrogens with zero attached hydrogens (tertiary/aromatic N) is 1. The zero-order valence-electron chi connectivity index (χ0n) is 13.2. The van der Waals surface area contributed by atoms with Gasteiger partial charge in [-0.1, -0.05) is 38.3 Å². The van der Waals surface area contributed by atoms with Crippen molar-refractivity contribution in [2.45, 2.75) is 51.5 Å². The Balaban J connectivity index is 1.81. The van der Waals surface area contributed by atoms with Gasteiger partial charge < -0.3 is 10.2 Å². The van der Waals surface area contributed by atoms with Crippen molar-refractivity contribution in [3.05, 3.63) is 29.3 Å². The Bertz CT molecular complexity index is 522. The lowest BCUT2D eigenvalue weighted by Crippen LogP contribution is -2.31. The summed E-state index contributed by atoms with van der Waals surface area (Å²) in [6, 6.07) is 7.13. The van der Waals surface area contributed by atoms with Crippen molar-refractivity contribution in [2.24, 2.45) is 5.92 Å².